The van der Waals surface area contributed by atoms with E-state index in [4.69, 9.17) is 4.74 Å². The van der Waals surface area contributed by atoms with E-state index in [0.717, 1.165) is 12.8 Å². The van der Waals surface area contributed by atoms with E-state index in [0.29, 0.717) is 32.5 Å². The molecule has 2 atom stereocenters. The maximum absolute atomic E-state index is 12.6. The van der Waals surface area contributed by atoms with E-state index in [9.17, 15) is 19.7 Å². The number of nitrogens with one attached hydrogen (secondary N) is 2. The first-order valence-corrected chi connectivity index (χ1v) is 8.76. The topological polar surface area (TPSA) is 114 Å². The van der Waals surface area contributed by atoms with Gasteiger partial charge in [-0.05, 0) is 31.7 Å². The maximum Gasteiger partial charge on any atom is 0.322 e. The molecule has 2 aliphatic rings. The molecule has 2 N–H and O–H groups in total. The van der Waals surface area contributed by atoms with E-state index in [-0.39, 0.29) is 23.4 Å². The molecule has 3 amide bonds. The Morgan fingerprint density at radius 3 is 2.81 bits per heavy atom. The number of nitro groups is 1. The van der Waals surface area contributed by atoms with Crippen molar-refractivity contribution in [2.75, 3.05) is 25.0 Å². The van der Waals surface area contributed by atoms with Gasteiger partial charge >= 0.3 is 6.03 Å². The quantitative estimate of drug-likeness (QED) is 0.613. The molecule has 0 aliphatic carbocycles. The molecule has 0 saturated carbocycles. The number of anilines is 1. The van der Waals surface area contributed by atoms with Crippen LogP contribution in [0, 0.1) is 10.1 Å². The molecule has 0 unspecified atom stereocenters. The average molecular weight is 362 g/mol. The van der Waals surface area contributed by atoms with Gasteiger partial charge in [-0.3, -0.25) is 14.9 Å². The van der Waals surface area contributed by atoms with Crippen LogP contribution in [-0.4, -0.2) is 53.6 Å². The van der Waals surface area contributed by atoms with Gasteiger partial charge in [-0.1, -0.05) is 12.1 Å². The second-order valence-corrected chi connectivity index (χ2v) is 6.44. The van der Waals surface area contributed by atoms with Crippen molar-refractivity contribution < 1.29 is 19.2 Å². The zero-order valence-corrected chi connectivity index (χ0v) is 14.3. The normalized spacial score (nSPS) is 22.2. The van der Waals surface area contributed by atoms with Crippen LogP contribution < -0.4 is 10.6 Å². The Balaban J connectivity index is 1.61. The summed E-state index contributed by atoms with van der Waals surface area (Å²) < 4.78 is 5.48. The van der Waals surface area contributed by atoms with Crippen molar-refractivity contribution >= 4 is 23.3 Å². The Morgan fingerprint density at radius 1 is 1.27 bits per heavy atom. The molecule has 140 valence electrons. The van der Waals surface area contributed by atoms with E-state index in [2.05, 4.69) is 10.6 Å². The molecule has 2 fully saturated rings. The number of nitrogens with zero attached hydrogens (tertiary/aromatic N) is 2. The smallest absolute Gasteiger partial charge is 0.322 e. The Kier molecular flexibility index (Phi) is 5.67. The number of urea groups is 1. The number of carbonyl (C=O) groups excluding carboxylic acids is 2. The largest absolute Gasteiger partial charge is 0.376 e. The van der Waals surface area contributed by atoms with Gasteiger partial charge in [0.15, 0.2) is 0 Å². The van der Waals surface area contributed by atoms with Crippen LogP contribution in [0.25, 0.3) is 0 Å². The molecule has 26 heavy (non-hydrogen) atoms. The number of likely N-dealkylation sites (tertiary alicyclic amines) is 1. The number of nitro benzene ring substituents is 1. The number of carbonyl (C=O) groups is 2. The lowest BCUT2D eigenvalue weighted by Gasteiger charge is -2.24. The summed E-state index contributed by atoms with van der Waals surface area (Å²) in [5.41, 5.74) is -0.0626. The van der Waals surface area contributed by atoms with Gasteiger partial charge in [-0.15, -0.1) is 0 Å². The summed E-state index contributed by atoms with van der Waals surface area (Å²) in [5.74, 6) is -0.212. The van der Waals surface area contributed by atoms with Crippen LogP contribution in [0.4, 0.5) is 16.2 Å². The minimum absolute atomic E-state index is 0.0367. The van der Waals surface area contributed by atoms with E-state index in [1.54, 1.807) is 6.07 Å². The summed E-state index contributed by atoms with van der Waals surface area (Å²) in [4.78, 5) is 37.0. The minimum Gasteiger partial charge on any atom is -0.376 e. The van der Waals surface area contributed by atoms with Crippen molar-refractivity contribution in [2.45, 2.75) is 37.8 Å². The average Bonchev–Trinajstić information content (AvgIpc) is 3.31. The second kappa shape index (κ2) is 8.13. The number of hydrogen-bond donors (Lipinski definition) is 2. The zero-order chi connectivity index (χ0) is 18.5. The predicted molar refractivity (Wildman–Crippen MR) is 93.8 cm³/mol. The minimum atomic E-state index is -0.570. The van der Waals surface area contributed by atoms with Crippen molar-refractivity contribution in [3.05, 3.63) is 34.4 Å². The van der Waals surface area contributed by atoms with Gasteiger partial charge in [-0.25, -0.2) is 4.79 Å². The molecule has 2 aliphatic heterocycles. The molecule has 0 bridgehead atoms. The molecular formula is C17H22N4O5. The standard InChI is InChI=1S/C17H22N4O5/c22-16(18-11-12-5-4-10-26-12)15-8-3-9-20(15)17(23)19-13-6-1-2-7-14(13)21(24)25/h1-2,6-7,12,15H,3-5,8-11H2,(H,18,22)(H,19,23)/t12-,15+/m0/s1. The van der Waals surface area contributed by atoms with Crippen molar-refractivity contribution in [1.29, 1.82) is 0 Å². The Bertz CT molecular complexity index is 689. The van der Waals surface area contributed by atoms with Gasteiger partial charge < -0.3 is 20.3 Å². The van der Waals surface area contributed by atoms with Crippen LogP contribution in [0.1, 0.15) is 25.7 Å². The molecule has 0 radical (unpaired) electrons. The van der Waals surface area contributed by atoms with Crippen molar-refractivity contribution in [3.8, 4) is 0 Å². The highest BCUT2D eigenvalue weighted by Crippen LogP contribution is 2.25. The van der Waals surface area contributed by atoms with Crippen molar-refractivity contribution in [3.63, 3.8) is 0 Å². The van der Waals surface area contributed by atoms with Crippen molar-refractivity contribution in [2.24, 2.45) is 0 Å². The molecule has 2 saturated heterocycles. The van der Waals surface area contributed by atoms with Gasteiger partial charge in [0.25, 0.3) is 5.69 Å². The summed E-state index contributed by atoms with van der Waals surface area (Å²) in [5, 5.41) is 16.5. The third-order valence-electron chi connectivity index (χ3n) is 4.69. The van der Waals surface area contributed by atoms with E-state index in [1.807, 2.05) is 0 Å². The number of para-hydroxylation sites is 2. The van der Waals surface area contributed by atoms with E-state index >= 15 is 0 Å². The first-order valence-electron chi connectivity index (χ1n) is 8.76. The number of ether oxygens (including phenoxy) is 1. The Hall–Kier alpha value is -2.68. The highest BCUT2D eigenvalue weighted by Gasteiger charge is 2.35. The zero-order valence-electron chi connectivity index (χ0n) is 14.3. The summed E-state index contributed by atoms with van der Waals surface area (Å²) in [6, 6.07) is 4.86. The maximum atomic E-state index is 12.6. The number of rotatable bonds is 5. The van der Waals surface area contributed by atoms with Gasteiger partial charge in [0.1, 0.15) is 11.7 Å². The predicted octanol–water partition coefficient (Wildman–Crippen LogP) is 1.89. The van der Waals surface area contributed by atoms with Gasteiger partial charge in [0.05, 0.1) is 11.0 Å². The molecule has 1 aromatic carbocycles. The summed E-state index contributed by atoms with van der Waals surface area (Å²) in [6.45, 7) is 1.59. The Labute approximate surface area is 150 Å². The van der Waals surface area contributed by atoms with E-state index in [1.165, 1.54) is 23.1 Å². The van der Waals surface area contributed by atoms with Crippen molar-refractivity contribution in [1.82, 2.24) is 10.2 Å². The molecule has 9 heteroatoms. The SMILES string of the molecule is O=C(NC[C@@H]1CCCO1)[C@H]1CCCN1C(=O)Nc1ccccc1[N+](=O)[O-]. The molecule has 0 spiro atoms. The molecular weight excluding hydrogens is 340 g/mol. The molecule has 0 aromatic heterocycles. The first-order chi connectivity index (χ1) is 12.6. The monoisotopic (exact) mass is 362 g/mol. The molecule has 9 nitrogen and oxygen atoms in total. The van der Waals surface area contributed by atoms with Crippen LogP contribution in [0.2, 0.25) is 0 Å². The lowest BCUT2D eigenvalue weighted by Crippen LogP contribution is -2.48. The summed E-state index contributed by atoms with van der Waals surface area (Å²) in [6.07, 6.45) is 3.24. The van der Waals surface area contributed by atoms with Gasteiger partial charge in [0.2, 0.25) is 5.91 Å². The van der Waals surface area contributed by atoms with Crippen LogP contribution in [0.15, 0.2) is 24.3 Å². The van der Waals surface area contributed by atoms with Crippen LogP contribution in [-0.2, 0) is 9.53 Å². The van der Waals surface area contributed by atoms with Crippen LogP contribution in [0.3, 0.4) is 0 Å². The third-order valence-corrected chi connectivity index (χ3v) is 4.69. The summed E-state index contributed by atoms with van der Waals surface area (Å²) >= 11 is 0. The number of benzene rings is 1. The van der Waals surface area contributed by atoms with Crippen LogP contribution >= 0.6 is 0 Å². The van der Waals surface area contributed by atoms with E-state index < -0.39 is 17.0 Å². The number of amides is 3. The van der Waals surface area contributed by atoms with Crippen LogP contribution in [0.5, 0.6) is 0 Å². The van der Waals surface area contributed by atoms with Gasteiger partial charge in [-0.2, -0.15) is 0 Å². The fourth-order valence-electron chi connectivity index (χ4n) is 3.35. The van der Waals surface area contributed by atoms with Gasteiger partial charge in [0, 0.05) is 25.8 Å². The molecule has 3 rings (SSSR count). The fourth-order valence-corrected chi connectivity index (χ4v) is 3.35. The molecule has 2 heterocycles. The lowest BCUT2D eigenvalue weighted by atomic mass is 10.2. The highest BCUT2D eigenvalue weighted by atomic mass is 16.6. The highest BCUT2D eigenvalue weighted by molar-refractivity contribution is 5.95. The second-order valence-electron chi connectivity index (χ2n) is 6.44. The third kappa shape index (κ3) is 4.10. The summed E-state index contributed by atoms with van der Waals surface area (Å²) in [7, 11) is 0. The molecule has 1 aromatic rings. The fraction of sp³-hybridized carbons (Fsp3) is 0.529. The lowest BCUT2D eigenvalue weighted by molar-refractivity contribution is -0.383. The Morgan fingerprint density at radius 2 is 2.08 bits per heavy atom. The first kappa shape index (κ1) is 18.1. The number of hydrogen-bond acceptors (Lipinski definition) is 5.